The van der Waals surface area contributed by atoms with Crippen molar-refractivity contribution in [2.45, 2.75) is 19.4 Å². The van der Waals surface area contributed by atoms with Crippen LogP contribution in [0.3, 0.4) is 0 Å². The lowest BCUT2D eigenvalue weighted by atomic mass is 10.0. The molecular weight excluding hydrogens is 358 g/mol. The van der Waals surface area contributed by atoms with Crippen LogP contribution in [-0.2, 0) is 9.59 Å². The molecule has 0 saturated carbocycles. The molecule has 2 fully saturated rings. The number of benzene rings is 1. The van der Waals surface area contributed by atoms with Crippen LogP contribution in [0, 0.1) is 12.8 Å². The van der Waals surface area contributed by atoms with Gasteiger partial charge in [0.05, 0.1) is 26.1 Å². The monoisotopic (exact) mass is 381 g/mol. The lowest BCUT2D eigenvalue weighted by molar-refractivity contribution is -0.144. The Morgan fingerprint density at radius 2 is 1.93 bits per heavy atom. The highest BCUT2D eigenvalue weighted by Crippen LogP contribution is 2.30. The van der Waals surface area contributed by atoms with E-state index in [2.05, 4.69) is 4.98 Å². The molecule has 1 aromatic carbocycles. The third-order valence-electron chi connectivity index (χ3n) is 5.15. The van der Waals surface area contributed by atoms with Crippen molar-refractivity contribution >= 4 is 17.5 Å². The van der Waals surface area contributed by atoms with Gasteiger partial charge in [0.15, 0.2) is 0 Å². The first-order valence-corrected chi connectivity index (χ1v) is 9.37. The van der Waals surface area contributed by atoms with Gasteiger partial charge in [0.25, 0.3) is 0 Å². The lowest BCUT2D eigenvalue weighted by Crippen LogP contribution is -2.57. The topological polar surface area (TPSA) is 72.0 Å². The van der Waals surface area contributed by atoms with E-state index in [1.165, 1.54) is 0 Å². The number of carbonyl (C=O) groups is 2. The second kappa shape index (κ2) is 7.50. The molecule has 146 valence electrons. The van der Waals surface area contributed by atoms with Gasteiger partial charge in [-0.1, -0.05) is 12.1 Å². The normalized spacial score (nSPS) is 19.5. The molecule has 2 aliphatic rings. The van der Waals surface area contributed by atoms with Crippen LogP contribution < -0.4 is 14.4 Å². The highest BCUT2D eigenvalue weighted by Gasteiger charge is 2.41. The van der Waals surface area contributed by atoms with Crippen molar-refractivity contribution in [2.75, 3.05) is 31.6 Å². The summed E-state index contributed by atoms with van der Waals surface area (Å²) in [6.07, 6.45) is 0.183. The molecule has 7 nitrogen and oxygen atoms in total. The van der Waals surface area contributed by atoms with Crippen molar-refractivity contribution in [3.8, 4) is 11.6 Å². The summed E-state index contributed by atoms with van der Waals surface area (Å²) < 4.78 is 11.0. The van der Waals surface area contributed by atoms with Crippen LogP contribution in [0.1, 0.15) is 12.1 Å². The van der Waals surface area contributed by atoms with Gasteiger partial charge in [0.1, 0.15) is 11.9 Å². The average Bonchev–Trinajstić information content (AvgIpc) is 3.06. The van der Waals surface area contributed by atoms with Crippen molar-refractivity contribution in [1.29, 1.82) is 0 Å². The van der Waals surface area contributed by atoms with E-state index in [0.717, 1.165) is 11.4 Å². The van der Waals surface area contributed by atoms with Gasteiger partial charge in [-0.3, -0.25) is 9.59 Å². The van der Waals surface area contributed by atoms with Crippen molar-refractivity contribution < 1.29 is 19.1 Å². The van der Waals surface area contributed by atoms with Crippen molar-refractivity contribution in [2.24, 2.45) is 5.92 Å². The maximum Gasteiger partial charge on any atom is 0.228 e. The number of methoxy groups -OCH3 is 1. The predicted molar refractivity (Wildman–Crippen MR) is 103 cm³/mol. The molecule has 2 aromatic rings. The van der Waals surface area contributed by atoms with Crippen LogP contribution in [0.25, 0.3) is 0 Å². The Bertz CT molecular complexity index is 895. The van der Waals surface area contributed by atoms with Gasteiger partial charge in [-0.05, 0) is 25.1 Å². The predicted octanol–water partition coefficient (Wildman–Crippen LogP) is 2.04. The largest absolute Gasteiger partial charge is 0.497 e. The molecule has 1 atom stereocenters. The Morgan fingerprint density at radius 3 is 2.68 bits per heavy atom. The minimum Gasteiger partial charge on any atom is -0.497 e. The van der Waals surface area contributed by atoms with Gasteiger partial charge in [0, 0.05) is 36.5 Å². The number of ether oxygens (including phenoxy) is 2. The molecule has 7 heteroatoms. The Hall–Kier alpha value is -3.09. The molecule has 0 N–H and O–H groups in total. The summed E-state index contributed by atoms with van der Waals surface area (Å²) in [6, 6.07) is 13.0. The number of aromatic nitrogens is 1. The number of hydrogen-bond acceptors (Lipinski definition) is 5. The third kappa shape index (κ3) is 3.65. The first kappa shape index (κ1) is 18.3. The maximum atomic E-state index is 12.8. The fraction of sp³-hybridized carbons (Fsp3) is 0.381. The summed E-state index contributed by atoms with van der Waals surface area (Å²) in [4.78, 5) is 33.0. The van der Waals surface area contributed by atoms with Gasteiger partial charge in [-0.2, -0.15) is 0 Å². The Morgan fingerprint density at radius 1 is 1.14 bits per heavy atom. The van der Waals surface area contributed by atoms with Crippen LogP contribution in [0.4, 0.5) is 5.69 Å². The number of rotatable bonds is 5. The van der Waals surface area contributed by atoms with E-state index in [0.29, 0.717) is 31.3 Å². The minimum absolute atomic E-state index is 0.01000. The maximum absolute atomic E-state index is 12.8. The lowest BCUT2D eigenvalue weighted by Gasteiger charge is -2.39. The highest BCUT2D eigenvalue weighted by atomic mass is 16.5. The molecule has 0 radical (unpaired) electrons. The molecule has 2 aliphatic heterocycles. The smallest absolute Gasteiger partial charge is 0.228 e. The number of amides is 2. The molecular formula is C21H23N3O4. The number of pyridine rings is 1. The highest BCUT2D eigenvalue weighted by molar-refractivity contribution is 6.00. The fourth-order valence-electron chi connectivity index (χ4n) is 3.61. The van der Waals surface area contributed by atoms with Gasteiger partial charge in [0.2, 0.25) is 17.7 Å². The van der Waals surface area contributed by atoms with Gasteiger partial charge < -0.3 is 19.3 Å². The number of carbonyl (C=O) groups excluding carboxylic acids is 2. The van der Waals surface area contributed by atoms with Crippen molar-refractivity contribution in [3.63, 3.8) is 0 Å². The van der Waals surface area contributed by atoms with E-state index < -0.39 is 0 Å². The Balaban J connectivity index is 1.33. The third-order valence-corrected chi connectivity index (χ3v) is 5.15. The van der Waals surface area contributed by atoms with Gasteiger partial charge >= 0.3 is 0 Å². The van der Waals surface area contributed by atoms with E-state index in [1.54, 1.807) is 16.9 Å². The number of hydrogen-bond donors (Lipinski definition) is 0. The number of aryl methyl sites for hydroxylation is 1. The second-order valence-corrected chi connectivity index (χ2v) is 7.21. The summed E-state index contributed by atoms with van der Waals surface area (Å²) >= 11 is 0. The second-order valence-electron chi connectivity index (χ2n) is 7.21. The molecule has 2 saturated heterocycles. The summed E-state index contributed by atoms with van der Waals surface area (Å²) in [5.41, 5.74) is 1.65. The summed E-state index contributed by atoms with van der Waals surface area (Å²) in [6.45, 7) is 3.36. The fourth-order valence-corrected chi connectivity index (χ4v) is 3.61. The standard InChI is InChI=1S/C21H23N3O4/c1-14-5-3-8-19(22-14)28-18-12-23(13-18)21(26)15-9-20(25)24(11-15)16-6-4-7-17(10-16)27-2/h3-8,10,15,18H,9,11-13H2,1-2H3. The van der Waals surface area contributed by atoms with E-state index >= 15 is 0 Å². The number of nitrogens with zero attached hydrogens (tertiary/aromatic N) is 3. The van der Waals surface area contributed by atoms with E-state index in [9.17, 15) is 9.59 Å². The molecule has 4 rings (SSSR count). The molecule has 0 aliphatic carbocycles. The molecule has 0 spiro atoms. The van der Waals surface area contributed by atoms with E-state index in [4.69, 9.17) is 9.47 Å². The van der Waals surface area contributed by atoms with Gasteiger partial charge in [-0.15, -0.1) is 0 Å². The van der Waals surface area contributed by atoms with E-state index in [1.807, 2.05) is 49.4 Å². The average molecular weight is 381 g/mol. The molecule has 28 heavy (non-hydrogen) atoms. The van der Waals surface area contributed by atoms with Crippen LogP contribution >= 0.6 is 0 Å². The molecule has 3 heterocycles. The van der Waals surface area contributed by atoms with Crippen molar-refractivity contribution in [1.82, 2.24) is 9.88 Å². The molecule has 2 amide bonds. The minimum atomic E-state index is -0.322. The van der Waals surface area contributed by atoms with Crippen LogP contribution in [-0.4, -0.2) is 54.5 Å². The van der Waals surface area contributed by atoms with E-state index in [-0.39, 0.29) is 30.3 Å². The number of anilines is 1. The molecule has 1 aromatic heterocycles. The number of likely N-dealkylation sites (tertiary alicyclic amines) is 1. The Labute approximate surface area is 163 Å². The van der Waals surface area contributed by atoms with Crippen LogP contribution in [0.2, 0.25) is 0 Å². The summed E-state index contributed by atoms with van der Waals surface area (Å²) in [5, 5.41) is 0. The quantitative estimate of drug-likeness (QED) is 0.793. The Kier molecular flexibility index (Phi) is 4.90. The molecule has 1 unspecified atom stereocenters. The zero-order valence-electron chi connectivity index (χ0n) is 16.0. The first-order valence-electron chi connectivity index (χ1n) is 9.37. The molecule has 0 bridgehead atoms. The zero-order valence-corrected chi connectivity index (χ0v) is 16.0. The SMILES string of the molecule is COc1cccc(N2CC(C(=O)N3CC(Oc4cccc(C)n4)C3)CC2=O)c1. The van der Waals surface area contributed by atoms with Crippen LogP contribution in [0.15, 0.2) is 42.5 Å². The first-order chi connectivity index (χ1) is 13.5. The van der Waals surface area contributed by atoms with Crippen molar-refractivity contribution in [3.05, 3.63) is 48.2 Å². The summed E-state index contributed by atoms with van der Waals surface area (Å²) in [5.74, 6) is 0.918. The zero-order chi connectivity index (χ0) is 19.7. The summed E-state index contributed by atoms with van der Waals surface area (Å²) in [7, 11) is 1.59. The van der Waals surface area contributed by atoms with Crippen LogP contribution in [0.5, 0.6) is 11.6 Å². The van der Waals surface area contributed by atoms with Gasteiger partial charge in [-0.25, -0.2) is 4.98 Å².